The Morgan fingerprint density at radius 2 is 1.85 bits per heavy atom. The summed E-state index contributed by atoms with van der Waals surface area (Å²) in [6.07, 6.45) is 2.38. The van der Waals surface area contributed by atoms with Crippen molar-refractivity contribution in [1.82, 2.24) is 24.2 Å². The molecule has 0 radical (unpaired) electrons. The molecule has 10 nitrogen and oxygen atoms in total. The minimum atomic E-state index is -0.955. The minimum absolute atomic E-state index is 0.311. The van der Waals surface area contributed by atoms with Crippen LogP contribution in [0, 0.1) is 6.92 Å². The summed E-state index contributed by atoms with van der Waals surface area (Å²) in [5, 5.41) is 18.1. The van der Waals surface area contributed by atoms with Gasteiger partial charge in [-0.1, -0.05) is 42.0 Å². The molecule has 10 heteroatoms. The largest absolute Gasteiger partial charge is 0.496 e. The van der Waals surface area contributed by atoms with Crippen molar-refractivity contribution < 1.29 is 19.4 Å². The standard InChI is InChI=1S/C31H29N5O5/c1-19-9-12-24-23(15-19)27(29(38)39)25-13-14-31(17-35(24)25,20-7-5-4-6-8-20)33-28(37)22-11-10-21(16-26(22)41-3)36-18-32-34(2)30(36)40/h4-12,15-16,18H,13-14,17H2,1-3H3,(H,33,37)(H,38,39)/t31-/m1/s1. The fraction of sp³-hybridized carbons (Fsp3) is 0.226. The zero-order chi connectivity index (χ0) is 28.9. The van der Waals surface area contributed by atoms with Gasteiger partial charge >= 0.3 is 11.7 Å². The maximum atomic E-state index is 13.9. The zero-order valence-corrected chi connectivity index (χ0v) is 22.9. The number of nitrogens with one attached hydrogen (secondary N) is 1. The molecule has 2 aromatic heterocycles. The van der Waals surface area contributed by atoms with Crippen molar-refractivity contribution in [3.05, 3.63) is 111 Å². The SMILES string of the molecule is COc1cc(-n2cnn(C)c2=O)ccc1C(=O)N[C@]1(c2ccccc2)CCc2c(C(=O)O)c3cc(C)ccc3n2C1. The van der Waals surface area contributed by atoms with E-state index in [2.05, 4.69) is 10.4 Å². The first-order valence-electron chi connectivity index (χ1n) is 13.2. The molecule has 0 aliphatic carbocycles. The van der Waals surface area contributed by atoms with Crippen molar-refractivity contribution in [2.75, 3.05) is 7.11 Å². The first-order valence-corrected chi connectivity index (χ1v) is 13.2. The van der Waals surface area contributed by atoms with Crippen molar-refractivity contribution in [1.29, 1.82) is 0 Å². The number of benzene rings is 3. The first kappa shape index (κ1) is 26.1. The Hall–Kier alpha value is -5.12. The summed E-state index contributed by atoms with van der Waals surface area (Å²) in [4.78, 5) is 38.7. The van der Waals surface area contributed by atoms with E-state index in [0.717, 1.165) is 22.3 Å². The van der Waals surface area contributed by atoms with Crippen LogP contribution in [-0.2, 0) is 25.6 Å². The maximum absolute atomic E-state index is 13.9. The van der Waals surface area contributed by atoms with Crippen LogP contribution in [0.5, 0.6) is 5.75 Å². The Balaban J connectivity index is 1.43. The van der Waals surface area contributed by atoms with Crippen molar-refractivity contribution in [3.63, 3.8) is 0 Å². The van der Waals surface area contributed by atoms with Gasteiger partial charge in [0.1, 0.15) is 12.1 Å². The van der Waals surface area contributed by atoms with E-state index in [9.17, 15) is 19.5 Å². The fourth-order valence-electron chi connectivity index (χ4n) is 5.91. The molecule has 208 valence electrons. The summed E-state index contributed by atoms with van der Waals surface area (Å²) in [5.74, 6) is -0.987. The highest BCUT2D eigenvalue weighted by atomic mass is 16.5. The Morgan fingerprint density at radius 3 is 2.54 bits per heavy atom. The van der Waals surface area contributed by atoms with Crippen LogP contribution in [0.3, 0.4) is 0 Å². The number of hydrogen-bond acceptors (Lipinski definition) is 5. The van der Waals surface area contributed by atoms with Crippen LogP contribution in [0.25, 0.3) is 16.6 Å². The average Bonchev–Trinajstić information content (AvgIpc) is 3.48. The van der Waals surface area contributed by atoms with Gasteiger partial charge in [-0.2, -0.15) is 5.10 Å². The molecule has 41 heavy (non-hydrogen) atoms. The van der Waals surface area contributed by atoms with Crippen molar-refractivity contribution >= 4 is 22.8 Å². The molecule has 1 atom stereocenters. The van der Waals surface area contributed by atoms with E-state index in [1.54, 1.807) is 25.2 Å². The third-order valence-electron chi connectivity index (χ3n) is 7.97. The van der Waals surface area contributed by atoms with Crippen LogP contribution in [0.1, 0.15) is 44.0 Å². The second-order valence-electron chi connectivity index (χ2n) is 10.4. The first-order chi connectivity index (χ1) is 19.7. The second kappa shape index (κ2) is 9.81. The topological polar surface area (TPSA) is 120 Å². The third-order valence-corrected chi connectivity index (χ3v) is 7.97. The van der Waals surface area contributed by atoms with Crippen LogP contribution in [0.2, 0.25) is 0 Å². The van der Waals surface area contributed by atoms with Gasteiger partial charge in [0, 0.05) is 29.7 Å². The van der Waals surface area contributed by atoms with Gasteiger partial charge in [-0.05, 0) is 49.6 Å². The van der Waals surface area contributed by atoms with E-state index in [0.29, 0.717) is 47.3 Å². The van der Waals surface area contributed by atoms with E-state index < -0.39 is 11.5 Å². The predicted molar refractivity (Wildman–Crippen MR) is 153 cm³/mol. The van der Waals surface area contributed by atoms with Gasteiger partial charge in [0.05, 0.1) is 36.0 Å². The molecule has 0 fully saturated rings. The Labute approximate surface area is 235 Å². The van der Waals surface area contributed by atoms with E-state index in [4.69, 9.17) is 4.74 Å². The molecular weight excluding hydrogens is 522 g/mol. The molecule has 1 aliphatic rings. The molecule has 0 bridgehead atoms. The number of hydrogen-bond donors (Lipinski definition) is 2. The quantitative estimate of drug-likeness (QED) is 0.331. The summed E-state index contributed by atoms with van der Waals surface area (Å²) in [6, 6.07) is 20.5. The number of carboxylic acid groups (broad SMARTS) is 1. The number of aromatic carboxylic acids is 1. The number of amides is 1. The molecule has 5 aromatic rings. The van der Waals surface area contributed by atoms with Crippen LogP contribution in [0.4, 0.5) is 0 Å². The molecule has 2 N–H and O–H groups in total. The molecule has 3 aromatic carbocycles. The summed E-state index contributed by atoms with van der Waals surface area (Å²) >= 11 is 0. The monoisotopic (exact) mass is 551 g/mol. The summed E-state index contributed by atoms with van der Waals surface area (Å²) in [5.41, 5.74) is 3.49. The third kappa shape index (κ3) is 4.28. The van der Waals surface area contributed by atoms with E-state index >= 15 is 0 Å². The molecular formula is C31H29N5O5. The number of methoxy groups -OCH3 is 1. The molecule has 1 amide bonds. The van der Waals surface area contributed by atoms with Crippen molar-refractivity contribution in [2.24, 2.45) is 7.05 Å². The lowest BCUT2D eigenvalue weighted by atomic mass is 9.81. The lowest BCUT2D eigenvalue weighted by molar-refractivity contribution is 0.0693. The number of rotatable bonds is 6. The van der Waals surface area contributed by atoms with Crippen LogP contribution < -0.4 is 15.7 Å². The van der Waals surface area contributed by atoms with Gasteiger partial charge in [0.15, 0.2) is 0 Å². The number of carboxylic acids is 1. The molecule has 0 saturated carbocycles. The molecule has 0 spiro atoms. The minimum Gasteiger partial charge on any atom is -0.496 e. The van der Waals surface area contributed by atoms with Crippen LogP contribution in [0.15, 0.2) is 77.9 Å². The number of aromatic nitrogens is 4. The van der Waals surface area contributed by atoms with Gasteiger partial charge in [-0.25, -0.2) is 18.8 Å². The van der Waals surface area contributed by atoms with Gasteiger partial charge in [-0.3, -0.25) is 4.79 Å². The number of ether oxygens (including phenoxy) is 1. The van der Waals surface area contributed by atoms with E-state index in [1.807, 2.05) is 60.0 Å². The lowest BCUT2D eigenvalue weighted by Gasteiger charge is -2.40. The number of carbonyl (C=O) groups excluding carboxylic acids is 1. The highest BCUT2D eigenvalue weighted by Crippen LogP contribution is 2.40. The Bertz CT molecular complexity index is 1880. The lowest BCUT2D eigenvalue weighted by Crippen LogP contribution is -2.51. The highest BCUT2D eigenvalue weighted by molar-refractivity contribution is 6.05. The molecule has 0 unspecified atom stereocenters. The second-order valence-corrected chi connectivity index (χ2v) is 10.4. The predicted octanol–water partition coefficient (Wildman–Crippen LogP) is 3.81. The van der Waals surface area contributed by atoms with Crippen molar-refractivity contribution in [3.8, 4) is 11.4 Å². The van der Waals surface area contributed by atoms with Gasteiger partial charge in [0.2, 0.25) is 0 Å². The van der Waals surface area contributed by atoms with E-state index in [1.165, 1.54) is 22.7 Å². The summed E-state index contributed by atoms with van der Waals surface area (Å²) in [6.45, 7) is 2.30. The van der Waals surface area contributed by atoms with Gasteiger partial charge in [0.25, 0.3) is 5.91 Å². The maximum Gasteiger partial charge on any atom is 0.350 e. The average molecular weight is 552 g/mol. The molecule has 1 aliphatic heterocycles. The van der Waals surface area contributed by atoms with E-state index in [-0.39, 0.29) is 11.6 Å². The smallest absolute Gasteiger partial charge is 0.350 e. The zero-order valence-electron chi connectivity index (χ0n) is 22.9. The van der Waals surface area contributed by atoms with Gasteiger partial charge < -0.3 is 19.7 Å². The molecule has 0 saturated heterocycles. The highest BCUT2D eigenvalue weighted by Gasteiger charge is 2.41. The number of carbonyl (C=O) groups is 2. The Kier molecular flexibility index (Phi) is 6.25. The number of nitrogens with zero attached hydrogens (tertiary/aromatic N) is 4. The number of fused-ring (bicyclic) bond motifs is 3. The fourth-order valence-corrected chi connectivity index (χ4v) is 5.91. The summed E-state index contributed by atoms with van der Waals surface area (Å²) < 4.78 is 10.2. The van der Waals surface area contributed by atoms with Crippen molar-refractivity contribution in [2.45, 2.75) is 31.8 Å². The summed E-state index contributed by atoms with van der Waals surface area (Å²) in [7, 11) is 3.04. The van der Waals surface area contributed by atoms with Crippen LogP contribution >= 0.6 is 0 Å². The molecule has 3 heterocycles. The normalized spacial score (nSPS) is 16.4. The molecule has 6 rings (SSSR count). The van der Waals surface area contributed by atoms with Crippen LogP contribution in [-0.4, -0.2) is 43.0 Å². The van der Waals surface area contributed by atoms with Gasteiger partial charge in [-0.15, -0.1) is 0 Å². The number of aryl methyl sites for hydroxylation is 2. The Morgan fingerprint density at radius 1 is 1.07 bits per heavy atom.